The fraction of sp³-hybridized carbons (Fsp3) is 0.0769. The Kier molecular flexibility index (Phi) is 4.01. The standard InChI is InChI=1S/C13H11FN2O2S/c1-19-10-4-2-3-9(6-10)18-13-11(12(15)17)5-8(14)7-16-13/h2-7H,1H3,(H2,15,17). The van der Waals surface area contributed by atoms with Crippen LogP contribution in [0.15, 0.2) is 41.4 Å². The van der Waals surface area contributed by atoms with Crippen LogP contribution in [-0.2, 0) is 0 Å². The molecule has 0 aliphatic rings. The number of halogens is 1. The number of amides is 1. The lowest BCUT2D eigenvalue weighted by atomic mass is 10.2. The SMILES string of the molecule is CSc1cccc(Oc2ncc(F)cc2C(N)=O)c1. The second-order valence-corrected chi connectivity index (χ2v) is 4.53. The van der Waals surface area contributed by atoms with Crippen LogP contribution in [0.25, 0.3) is 0 Å². The van der Waals surface area contributed by atoms with Gasteiger partial charge in [-0.15, -0.1) is 11.8 Å². The number of pyridine rings is 1. The van der Waals surface area contributed by atoms with Gasteiger partial charge in [-0.05, 0) is 30.5 Å². The van der Waals surface area contributed by atoms with Crippen LogP contribution in [0.4, 0.5) is 4.39 Å². The number of carbonyl (C=O) groups is 1. The van der Waals surface area contributed by atoms with E-state index < -0.39 is 11.7 Å². The second-order valence-electron chi connectivity index (χ2n) is 3.65. The number of thioether (sulfide) groups is 1. The Morgan fingerprint density at radius 3 is 2.89 bits per heavy atom. The molecule has 4 nitrogen and oxygen atoms in total. The first-order valence-corrected chi connectivity index (χ1v) is 6.60. The number of primary amides is 1. The van der Waals surface area contributed by atoms with Crippen molar-refractivity contribution in [2.75, 3.05) is 6.26 Å². The minimum Gasteiger partial charge on any atom is -0.438 e. The Balaban J connectivity index is 2.34. The minimum atomic E-state index is -0.789. The first kappa shape index (κ1) is 13.4. The van der Waals surface area contributed by atoms with Crippen LogP contribution in [0.5, 0.6) is 11.6 Å². The first-order valence-electron chi connectivity index (χ1n) is 5.37. The smallest absolute Gasteiger partial charge is 0.254 e. The van der Waals surface area contributed by atoms with Crippen molar-refractivity contribution < 1.29 is 13.9 Å². The van der Waals surface area contributed by atoms with Crippen molar-refractivity contribution in [2.45, 2.75) is 4.90 Å². The van der Waals surface area contributed by atoms with Gasteiger partial charge in [0.05, 0.1) is 6.20 Å². The third-order valence-electron chi connectivity index (χ3n) is 2.34. The number of nitrogens with two attached hydrogens (primary N) is 1. The van der Waals surface area contributed by atoms with Gasteiger partial charge in [0.2, 0.25) is 5.88 Å². The van der Waals surface area contributed by atoms with E-state index in [1.54, 1.807) is 23.9 Å². The van der Waals surface area contributed by atoms with Crippen molar-refractivity contribution in [2.24, 2.45) is 5.73 Å². The molecule has 1 aromatic carbocycles. The average Bonchev–Trinajstić information content (AvgIpc) is 2.41. The number of hydrogen-bond acceptors (Lipinski definition) is 4. The Morgan fingerprint density at radius 1 is 1.42 bits per heavy atom. The van der Waals surface area contributed by atoms with Crippen LogP contribution in [0.2, 0.25) is 0 Å². The van der Waals surface area contributed by atoms with Crippen molar-refractivity contribution in [3.05, 3.63) is 47.9 Å². The average molecular weight is 278 g/mol. The number of hydrogen-bond donors (Lipinski definition) is 1. The number of benzene rings is 1. The summed E-state index contributed by atoms with van der Waals surface area (Å²) in [5, 5.41) is 0. The summed E-state index contributed by atoms with van der Waals surface area (Å²) in [6.07, 6.45) is 2.91. The molecule has 1 heterocycles. The molecule has 98 valence electrons. The van der Waals surface area contributed by atoms with Crippen molar-refractivity contribution in [1.82, 2.24) is 4.98 Å². The summed E-state index contributed by atoms with van der Waals surface area (Å²) >= 11 is 1.55. The van der Waals surface area contributed by atoms with Crippen LogP contribution < -0.4 is 10.5 Å². The van der Waals surface area contributed by atoms with Gasteiger partial charge in [0.1, 0.15) is 17.1 Å². The van der Waals surface area contributed by atoms with Gasteiger partial charge in [-0.25, -0.2) is 9.37 Å². The number of aromatic nitrogens is 1. The molecule has 0 spiro atoms. The monoisotopic (exact) mass is 278 g/mol. The molecule has 19 heavy (non-hydrogen) atoms. The van der Waals surface area contributed by atoms with Gasteiger partial charge in [-0.1, -0.05) is 6.07 Å². The van der Waals surface area contributed by atoms with Crippen LogP contribution in [0.1, 0.15) is 10.4 Å². The number of rotatable bonds is 4. The van der Waals surface area contributed by atoms with E-state index in [1.165, 1.54) is 0 Å². The summed E-state index contributed by atoms with van der Waals surface area (Å²) < 4.78 is 18.5. The van der Waals surface area contributed by atoms with Gasteiger partial charge in [0.25, 0.3) is 5.91 Å². The predicted octanol–water partition coefficient (Wildman–Crippen LogP) is 2.83. The van der Waals surface area contributed by atoms with Gasteiger partial charge >= 0.3 is 0 Å². The quantitative estimate of drug-likeness (QED) is 0.873. The molecule has 2 rings (SSSR count). The topological polar surface area (TPSA) is 65.2 Å². The summed E-state index contributed by atoms with van der Waals surface area (Å²) in [6, 6.07) is 8.25. The molecular weight excluding hydrogens is 267 g/mol. The van der Waals surface area contributed by atoms with Gasteiger partial charge in [0.15, 0.2) is 0 Å². The van der Waals surface area contributed by atoms with E-state index in [1.807, 2.05) is 18.4 Å². The summed E-state index contributed by atoms with van der Waals surface area (Å²) in [4.78, 5) is 16.0. The van der Waals surface area contributed by atoms with E-state index in [0.717, 1.165) is 17.2 Å². The van der Waals surface area contributed by atoms with E-state index in [2.05, 4.69) is 4.98 Å². The van der Waals surface area contributed by atoms with Crippen molar-refractivity contribution in [3.8, 4) is 11.6 Å². The highest BCUT2D eigenvalue weighted by atomic mass is 32.2. The van der Waals surface area contributed by atoms with E-state index in [-0.39, 0.29) is 11.4 Å². The largest absolute Gasteiger partial charge is 0.438 e. The molecule has 0 atom stereocenters. The van der Waals surface area contributed by atoms with Crippen LogP contribution in [0.3, 0.4) is 0 Å². The molecular formula is C13H11FN2O2S. The zero-order valence-electron chi connectivity index (χ0n) is 10.1. The van der Waals surface area contributed by atoms with Crippen LogP contribution >= 0.6 is 11.8 Å². The normalized spacial score (nSPS) is 10.2. The molecule has 1 amide bonds. The molecule has 2 aromatic rings. The highest BCUT2D eigenvalue weighted by molar-refractivity contribution is 7.98. The number of nitrogens with zero attached hydrogens (tertiary/aromatic N) is 1. The lowest BCUT2D eigenvalue weighted by molar-refractivity contribution is 0.0997. The predicted molar refractivity (Wildman–Crippen MR) is 71.0 cm³/mol. The Hall–Kier alpha value is -2.08. The van der Waals surface area contributed by atoms with E-state index in [9.17, 15) is 9.18 Å². The number of carbonyl (C=O) groups excluding carboxylic acids is 1. The van der Waals surface area contributed by atoms with Crippen molar-refractivity contribution in [3.63, 3.8) is 0 Å². The molecule has 0 bridgehead atoms. The van der Waals surface area contributed by atoms with Gasteiger partial charge < -0.3 is 10.5 Å². The summed E-state index contributed by atoms with van der Waals surface area (Å²) in [5.41, 5.74) is 5.08. The fourth-order valence-corrected chi connectivity index (χ4v) is 1.91. The lowest BCUT2D eigenvalue weighted by Crippen LogP contribution is -2.13. The molecule has 6 heteroatoms. The van der Waals surface area contributed by atoms with E-state index >= 15 is 0 Å². The first-order chi connectivity index (χ1) is 9.10. The maximum atomic E-state index is 13.0. The molecule has 0 radical (unpaired) electrons. The zero-order chi connectivity index (χ0) is 13.8. The zero-order valence-corrected chi connectivity index (χ0v) is 10.9. The van der Waals surface area contributed by atoms with Crippen molar-refractivity contribution in [1.29, 1.82) is 0 Å². The van der Waals surface area contributed by atoms with Gasteiger partial charge in [0, 0.05) is 4.90 Å². The van der Waals surface area contributed by atoms with Crippen LogP contribution in [-0.4, -0.2) is 17.1 Å². The summed E-state index contributed by atoms with van der Waals surface area (Å²) in [5.74, 6) is -0.928. The molecule has 0 fully saturated rings. The molecule has 0 unspecified atom stereocenters. The lowest BCUT2D eigenvalue weighted by Gasteiger charge is -2.08. The molecule has 1 aromatic heterocycles. The summed E-state index contributed by atoms with van der Waals surface area (Å²) in [7, 11) is 0. The molecule has 0 saturated carbocycles. The Morgan fingerprint density at radius 2 is 2.21 bits per heavy atom. The highest BCUT2D eigenvalue weighted by Gasteiger charge is 2.13. The molecule has 0 aliphatic heterocycles. The maximum absolute atomic E-state index is 13.0. The Labute approximate surface area is 113 Å². The van der Waals surface area contributed by atoms with Gasteiger partial charge in [-0.2, -0.15) is 0 Å². The van der Waals surface area contributed by atoms with Crippen LogP contribution in [0, 0.1) is 5.82 Å². The number of ether oxygens (including phenoxy) is 1. The summed E-state index contributed by atoms with van der Waals surface area (Å²) in [6.45, 7) is 0. The molecule has 0 saturated heterocycles. The fourth-order valence-electron chi connectivity index (χ4n) is 1.46. The molecule has 0 aliphatic carbocycles. The third-order valence-corrected chi connectivity index (χ3v) is 3.06. The third kappa shape index (κ3) is 3.23. The van der Waals surface area contributed by atoms with Crippen molar-refractivity contribution >= 4 is 17.7 Å². The Bertz CT molecular complexity index is 619. The minimum absolute atomic E-state index is 0.00727. The highest BCUT2D eigenvalue weighted by Crippen LogP contribution is 2.26. The van der Waals surface area contributed by atoms with Gasteiger partial charge in [-0.3, -0.25) is 4.79 Å². The second kappa shape index (κ2) is 5.71. The van der Waals surface area contributed by atoms with E-state index in [0.29, 0.717) is 5.75 Å². The molecule has 2 N–H and O–H groups in total. The van der Waals surface area contributed by atoms with E-state index in [4.69, 9.17) is 10.5 Å². The maximum Gasteiger partial charge on any atom is 0.254 e.